The van der Waals surface area contributed by atoms with Crippen molar-refractivity contribution in [2.75, 3.05) is 6.61 Å². The molecule has 35 heavy (non-hydrogen) atoms. The summed E-state index contributed by atoms with van der Waals surface area (Å²) in [6.45, 7) is 1.44. The van der Waals surface area contributed by atoms with Gasteiger partial charge in [-0.25, -0.2) is 0 Å². The predicted octanol–water partition coefficient (Wildman–Crippen LogP) is 0.753. The average Bonchev–Trinajstić information content (AvgIpc) is 2.81. The SMILES string of the molecule is CCCCCCCCCCCC/C=C/C[C@]1(O)O[C@H](CO)[C@@H](O)[C@H](O)[C@]1(O)C(CC(N)=O)C(N)=O. The highest BCUT2D eigenvalue weighted by molar-refractivity contribution is 5.85. The molecule has 9 N–H and O–H groups in total. The fourth-order valence-electron chi connectivity index (χ4n) is 4.73. The largest absolute Gasteiger partial charge is 0.394 e. The Kier molecular flexibility index (Phi) is 14.0. The first-order valence-electron chi connectivity index (χ1n) is 12.9. The van der Waals surface area contributed by atoms with Gasteiger partial charge in [-0.05, 0) is 12.8 Å². The number of primary amides is 2. The number of aliphatic hydroxyl groups is 5. The maximum absolute atomic E-state index is 12.0. The topological polar surface area (TPSA) is 197 Å². The first-order valence-corrected chi connectivity index (χ1v) is 12.9. The number of unbranched alkanes of at least 4 members (excludes halogenated alkanes) is 10. The van der Waals surface area contributed by atoms with Crippen LogP contribution in [0.4, 0.5) is 0 Å². The molecule has 1 fully saturated rings. The molecule has 0 aromatic carbocycles. The second-order valence-corrected chi connectivity index (χ2v) is 9.66. The van der Waals surface area contributed by atoms with Crippen LogP contribution < -0.4 is 11.5 Å². The maximum atomic E-state index is 12.0. The van der Waals surface area contributed by atoms with Gasteiger partial charge < -0.3 is 41.7 Å². The normalized spacial score (nSPS) is 29.9. The smallest absolute Gasteiger partial charge is 0.224 e. The predicted molar refractivity (Wildman–Crippen MR) is 131 cm³/mol. The van der Waals surface area contributed by atoms with E-state index in [9.17, 15) is 35.1 Å². The highest BCUT2D eigenvalue weighted by atomic mass is 16.7. The number of hydrogen-bond donors (Lipinski definition) is 7. The summed E-state index contributed by atoms with van der Waals surface area (Å²) in [7, 11) is 0. The lowest BCUT2D eigenvalue weighted by Crippen LogP contribution is -2.76. The summed E-state index contributed by atoms with van der Waals surface area (Å²) in [5, 5.41) is 52.9. The van der Waals surface area contributed by atoms with Gasteiger partial charge in [0.05, 0.1) is 12.5 Å². The van der Waals surface area contributed by atoms with Crippen LogP contribution in [0.15, 0.2) is 12.2 Å². The van der Waals surface area contributed by atoms with Crippen LogP contribution in [0, 0.1) is 5.92 Å². The lowest BCUT2D eigenvalue weighted by Gasteiger charge is -2.55. The fourth-order valence-corrected chi connectivity index (χ4v) is 4.73. The van der Waals surface area contributed by atoms with E-state index in [2.05, 4.69) is 6.92 Å². The summed E-state index contributed by atoms with van der Waals surface area (Å²) in [5.41, 5.74) is 7.66. The number of aliphatic hydroxyl groups excluding tert-OH is 3. The molecule has 0 saturated carbocycles. The van der Waals surface area contributed by atoms with Crippen molar-refractivity contribution in [1.82, 2.24) is 0 Å². The Hall–Kier alpha value is -1.56. The van der Waals surface area contributed by atoms with E-state index in [0.717, 1.165) is 19.3 Å². The molecule has 1 rings (SSSR count). The Morgan fingerprint density at radius 3 is 1.97 bits per heavy atom. The van der Waals surface area contributed by atoms with Gasteiger partial charge in [0, 0.05) is 12.8 Å². The third kappa shape index (κ3) is 8.80. The van der Waals surface area contributed by atoms with Crippen molar-refractivity contribution in [2.45, 2.75) is 120 Å². The standard InChI is InChI=1S/C25H46N2O8/c1-2-3-4-5-6-7-8-9-10-11-12-13-14-15-24(33)25(34,18(23(27)32)16-20(26)29)22(31)21(30)19(17-28)35-24/h13-14,18-19,21-22,28,30-31,33-34H,2-12,15-17H2,1H3,(H2,26,29)(H2,27,32)/b14-13+/t18?,19-,21-,22+,24+,25-/m1/s1. The van der Waals surface area contributed by atoms with E-state index >= 15 is 0 Å². The minimum atomic E-state index is -2.85. The van der Waals surface area contributed by atoms with Gasteiger partial charge in [0.15, 0.2) is 5.60 Å². The third-order valence-corrected chi connectivity index (χ3v) is 6.87. The summed E-state index contributed by atoms with van der Waals surface area (Å²) in [6.07, 6.45) is 9.43. The van der Waals surface area contributed by atoms with Crippen LogP contribution in [-0.4, -0.2) is 73.7 Å². The average molecular weight is 503 g/mol. The fraction of sp³-hybridized carbons (Fsp3) is 0.840. The van der Waals surface area contributed by atoms with Crippen molar-refractivity contribution in [3.05, 3.63) is 12.2 Å². The van der Waals surface area contributed by atoms with Crippen LogP contribution in [0.5, 0.6) is 0 Å². The van der Waals surface area contributed by atoms with E-state index in [1.54, 1.807) is 6.08 Å². The second kappa shape index (κ2) is 15.5. The molecule has 1 heterocycles. The molecular weight excluding hydrogens is 456 g/mol. The summed E-state index contributed by atoms with van der Waals surface area (Å²) in [5.74, 6) is -6.68. The molecule has 2 amide bonds. The minimum Gasteiger partial charge on any atom is -0.394 e. The minimum absolute atomic E-state index is 0.385. The highest BCUT2D eigenvalue weighted by Crippen LogP contribution is 2.44. The first kappa shape index (κ1) is 31.5. The molecule has 0 aromatic rings. The van der Waals surface area contributed by atoms with E-state index in [0.29, 0.717) is 6.42 Å². The van der Waals surface area contributed by atoms with Gasteiger partial charge in [0.25, 0.3) is 0 Å². The van der Waals surface area contributed by atoms with Crippen molar-refractivity contribution in [2.24, 2.45) is 17.4 Å². The van der Waals surface area contributed by atoms with Gasteiger partial charge in [-0.1, -0.05) is 76.9 Å². The Morgan fingerprint density at radius 1 is 0.943 bits per heavy atom. The Labute approximate surface area is 208 Å². The summed E-state index contributed by atoms with van der Waals surface area (Å²) >= 11 is 0. The van der Waals surface area contributed by atoms with Crippen LogP contribution >= 0.6 is 0 Å². The van der Waals surface area contributed by atoms with Gasteiger partial charge in [0.2, 0.25) is 17.6 Å². The number of nitrogens with two attached hydrogens (primary N) is 2. The summed E-state index contributed by atoms with van der Waals surface area (Å²) in [4.78, 5) is 23.5. The number of amides is 2. The lowest BCUT2D eigenvalue weighted by atomic mass is 9.68. The van der Waals surface area contributed by atoms with Crippen LogP contribution in [0.3, 0.4) is 0 Å². The van der Waals surface area contributed by atoms with Crippen molar-refractivity contribution in [1.29, 1.82) is 0 Å². The van der Waals surface area contributed by atoms with E-state index < -0.39 is 60.5 Å². The Bertz CT molecular complexity index is 676. The molecule has 0 radical (unpaired) electrons. The van der Waals surface area contributed by atoms with Gasteiger partial charge in [-0.3, -0.25) is 9.59 Å². The van der Waals surface area contributed by atoms with E-state index in [1.807, 2.05) is 0 Å². The van der Waals surface area contributed by atoms with Gasteiger partial charge in [-0.2, -0.15) is 0 Å². The van der Waals surface area contributed by atoms with Crippen LogP contribution in [0.2, 0.25) is 0 Å². The van der Waals surface area contributed by atoms with Crippen molar-refractivity contribution in [3.63, 3.8) is 0 Å². The summed E-state index contributed by atoms with van der Waals surface area (Å²) in [6, 6.07) is 0. The molecule has 6 atom stereocenters. The Morgan fingerprint density at radius 2 is 1.49 bits per heavy atom. The van der Waals surface area contributed by atoms with Gasteiger partial charge >= 0.3 is 0 Å². The number of hydrogen-bond acceptors (Lipinski definition) is 8. The third-order valence-electron chi connectivity index (χ3n) is 6.87. The molecule has 1 aliphatic heterocycles. The van der Waals surface area contributed by atoms with Crippen molar-refractivity contribution in [3.8, 4) is 0 Å². The van der Waals surface area contributed by atoms with E-state index in [-0.39, 0.29) is 6.42 Å². The molecular formula is C25H46N2O8. The molecule has 1 unspecified atom stereocenters. The zero-order valence-corrected chi connectivity index (χ0v) is 21.0. The van der Waals surface area contributed by atoms with Gasteiger partial charge in [-0.15, -0.1) is 0 Å². The first-order chi connectivity index (χ1) is 16.5. The number of carbonyl (C=O) groups is 2. The molecule has 0 bridgehead atoms. The molecule has 1 saturated heterocycles. The number of rotatable bonds is 18. The van der Waals surface area contributed by atoms with Crippen LogP contribution in [0.25, 0.3) is 0 Å². The molecule has 10 heteroatoms. The molecule has 204 valence electrons. The van der Waals surface area contributed by atoms with Crippen LogP contribution in [-0.2, 0) is 14.3 Å². The van der Waals surface area contributed by atoms with E-state index in [4.69, 9.17) is 16.2 Å². The van der Waals surface area contributed by atoms with E-state index in [1.165, 1.54) is 51.0 Å². The van der Waals surface area contributed by atoms with Crippen molar-refractivity contribution >= 4 is 11.8 Å². The van der Waals surface area contributed by atoms with Gasteiger partial charge in [0.1, 0.15) is 18.3 Å². The number of carbonyl (C=O) groups excluding carboxylic acids is 2. The molecule has 0 spiro atoms. The molecule has 1 aliphatic rings. The highest BCUT2D eigenvalue weighted by Gasteiger charge is 2.67. The monoisotopic (exact) mass is 502 g/mol. The summed E-state index contributed by atoms with van der Waals surface area (Å²) < 4.78 is 5.38. The zero-order valence-electron chi connectivity index (χ0n) is 21.0. The maximum Gasteiger partial charge on any atom is 0.224 e. The number of ether oxygens (including phenoxy) is 1. The van der Waals surface area contributed by atoms with Crippen LogP contribution in [0.1, 0.15) is 90.4 Å². The zero-order chi connectivity index (χ0) is 26.5. The van der Waals surface area contributed by atoms with Crippen molar-refractivity contribution < 1.29 is 39.9 Å². The lowest BCUT2D eigenvalue weighted by molar-refractivity contribution is -0.396. The molecule has 0 aliphatic carbocycles. The second-order valence-electron chi connectivity index (χ2n) is 9.66. The Balaban J connectivity index is 2.72. The quantitative estimate of drug-likeness (QED) is 0.105. The number of allylic oxidation sites excluding steroid dienone is 1. The molecule has 10 nitrogen and oxygen atoms in total. The molecule has 0 aromatic heterocycles.